The van der Waals surface area contributed by atoms with Crippen molar-refractivity contribution in [2.45, 2.75) is 19.4 Å². The van der Waals surface area contributed by atoms with Crippen LogP contribution >= 0.6 is 15.9 Å². The third kappa shape index (κ3) is 2.79. The van der Waals surface area contributed by atoms with Gasteiger partial charge in [0.15, 0.2) is 0 Å². The predicted octanol–water partition coefficient (Wildman–Crippen LogP) is 4.20. The lowest BCUT2D eigenvalue weighted by atomic mass is 9.97. The molecule has 0 aliphatic carbocycles. The number of aryl methyl sites for hydroxylation is 1. The van der Waals surface area contributed by atoms with E-state index in [1.807, 2.05) is 12.1 Å². The van der Waals surface area contributed by atoms with E-state index in [-0.39, 0.29) is 11.9 Å². The van der Waals surface area contributed by atoms with Crippen LogP contribution in [-0.2, 0) is 6.42 Å². The Morgan fingerprint density at radius 2 is 1.89 bits per heavy atom. The summed E-state index contributed by atoms with van der Waals surface area (Å²) in [5, 5.41) is 0. The summed E-state index contributed by atoms with van der Waals surface area (Å²) < 4.78 is 13.6. The average molecular weight is 308 g/mol. The Balaban J connectivity index is 2.34. The topological polar surface area (TPSA) is 26.0 Å². The molecule has 0 radical (unpaired) electrons. The number of hydrogen-bond acceptors (Lipinski definition) is 1. The van der Waals surface area contributed by atoms with Gasteiger partial charge in [-0.1, -0.05) is 37.3 Å². The lowest BCUT2D eigenvalue weighted by molar-refractivity contribution is 0.619. The fourth-order valence-corrected chi connectivity index (χ4v) is 2.30. The normalized spacial score (nSPS) is 12.4. The van der Waals surface area contributed by atoms with E-state index in [2.05, 4.69) is 35.0 Å². The van der Waals surface area contributed by atoms with Crippen molar-refractivity contribution in [3.63, 3.8) is 0 Å². The van der Waals surface area contributed by atoms with Crippen molar-refractivity contribution in [2.75, 3.05) is 0 Å². The quantitative estimate of drug-likeness (QED) is 0.903. The SMILES string of the molecule is CCc1cccc(C(N)c2ccc(F)c(Br)c2)c1. The van der Waals surface area contributed by atoms with Crippen LogP contribution in [0.1, 0.15) is 29.7 Å². The van der Waals surface area contributed by atoms with Crippen LogP contribution in [0.5, 0.6) is 0 Å². The van der Waals surface area contributed by atoms with E-state index >= 15 is 0 Å². The van der Waals surface area contributed by atoms with Gasteiger partial charge in [0.25, 0.3) is 0 Å². The minimum absolute atomic E-state index is 0.228. The third-order valence-electron chi connectivity index (χ3n) is 3.02. The molecule has 0 amide bonds. The molecule has 94 valence electrons. The van der Waals surface area contributed by atoms with Crippen LogP contribution in [0.2, 0.25) is 0 Å². The summed E-state index contributed by atoms with van der Waals surface area (Å²) >= 11 is 3.18. The summed E-state index contributed by atoms with van der Waals surface area (Å²) in [7, 11) is 0. The van der Waals surface area contributed by atoms with Gasteiger partial charge in [-0.15, -0.1) is 0 Å². The minimum Gasteiger partial charge on any atom is -0.320 e. The molecule has 3 heteroatoms. The average Bonchev–Trinajstić information content (AvgIpc) is 2.41. The number of hydrogen-bond donors (Lipinski definition) is 1. The van der Waals surface area contributed by atoms with Crippen molar-refractivity contribution in [2.24, 2.45) is 5.73 Å². The van der Waals surface area contributed by atoms with E-state index in [1.165, 1.54) is 11.6 Å². The summed E-state index contributed by atoms with van der Waals surface area (Å²) in [4.78, 5) is 0. The molecule has 0 aliphatic heterocycles. The van der Waals surface area contributed by atoms with Crippen LogP contribution in [-0.4, -0.2) is 0 Å². The van der Waals surface area contributed by atoms with E-state index in [1.54, 1.807) is 12.1 Å². The highest BCUT2D eigenvalue weighted by Crippen LogP contribution is 2.25. The molecular weight excluding hydrogens is 293 g/mol. The van der Waals surface area contributed by atoms with Crippen molar-refractivity contribution < 1.29 is 4.39 Å². The molecule has 1 nitrogen and oxygen atoms in total. The fourth-order valence-electron chi connectivity index (χ4n) is 1.90. The van der Waals surface area contributed by atoms with Gasteiger partial charge in [-0.2, -0.15) is 0 Å². The van der Waals surface area contributed by atoms with Gasteiger partial charge in [-0.05, 0) is 51.2 Å². The van der Waals surface area contributed by atoms with Crippen LogP contribution in [0, 0.1) is 5.82 Å². The monoisotopic (exact) mass is 307 g/mol. The standard InChI is InChI=1S/C15H15BrFN/c1-2-10-4-3-5-11(8-10)15(18)12-6-7-14(17)13(16)9-12/h3-9,15H,2,18H2,1H3. The molecule has 1 atom stereocenters. The van der Waals surface area contributed by atoms with Gasteiger partial charge in [0, 0.05) is 0 Å². The van der Waals surface area contributed by atoms with Gasteiger partial charge < -0.3 is 5.73 Å². The van der Waals surface area contributed by atoms with Gasteiger partial charge in [0.2, 0.25) is 0 Å². The van der Waals surface area contributed by atoms with Gasteiger partial charge in [0.05, 0.1) is 10.5 Å². The van der Waals surface area contributed by atoms with Crippen molar-refractivity contribution in [3.8, 4) is 0 Å². The summed E-state index contributed by atoms with van der Waals surface area (Å²) in [6.45, 7) is 2.11. The molecule has 18 heavy (non-hydrogen) atoms. The second-order valence-electron chi connectivity index (χ2n) is 4.25. The Morgan fingerprint density at radius 1 is 1.17 bits per heavy atom. The summed E-state index contributed by atoms with van der Waals surface area (Å²) in [6.07, 6.45) is 0.980. The zero-order valence-electron chi connectivity index (χ0n) is 10.2. The first-order valence-electron chi connectivity index (χ1n) is 5.91. The molecule has 0 spiro atoms. The lowest BCUT2D eigenvalue weighted by Crippen LogP contribution is -2.12. The van der Waals surface area contributed by atoms with E-state index in [9.17, 15) is 4.39 Å². The molecule has 0 fully saturated rings. The molecule has 0 aromatic heterocycles. The summed E-state index contributed by atoms with van der Waals surface area (Å²) in [6, 6.07) is 12.9. The van der Waals surface area contributed by atoms with Gasteiger partial charge in [-0.3, -0.25) is 0 Å². The zero-order chi connectivity index (χ0) is 13.1. The lowest BCUT2D eigenvalue weighted by Gasteiger charge is -2.14. The maximum absolute atomic E-state index is 13.2. The Labute approximate surface area is 115 Å². The number of halogens is 2. The maximum Gasteiger partial charge on any atom is 0.137 e. The Hall–Kier alpha value is -1.19. The van der Waals surface area contributed by atoms with Crippen molar-refractivity contribution in [1.82, 2.24) is 0 Å². The zero-order valence-corrected chi connectivity index (χ0v) is 11.7. The molecule has 2 N–H and O–H groups in total. The largest absolute Gasteiger partial charge is 0.320 e. The number of nitrogens with two attached hydrogens (primary N) is 1. The summed E-state index contributed by atoms with van der Waals surface area (Å²) in [5.74, 6) is -0.270. The van der Waals surface area contributed by atoms with E-state index in [0.29, 0.717) is 4.47 Å². The highest BCUT2D eigenvalue weighted by atomic mass is 79.9. The first kappa shape index (κ1) is 13.2. The van der Waals surface area contributed by atoms with Crippen LogP contribution in [0.3, 0.4) is 0 Å². The highest BCUT2D eigenvalue weighted by Gasteiger charge is 2.11. The second kappa shape index (κ2) is 5.63. The number of benzene rings is 2. The Bertz CT molecular complexity index is 554. The van der Waals surface area contributed by atoms with E-state index in [4.69, 9.17) is 5.73 Å². The first-order valence-corrected chi connectivity index (χ1v) is 6.70. The van der Waals surface area contributed by atoms with Crippen molar-refractivity contribution in [1.29, 1.82) is 0 Å². The molecule has 2 aromatic rings. The maximum atomic E-state index is 13.2. The van der Waals surface area contributed by atoms with Crippen LogP contribution in [0.4, 0.5) is 4.39 Å². The molecule has 0 bridgehead atoms. The van der Waals surface area contributed by atoms with Gasteiger partial charge in [-0.25, -0.2) is 4.39 Å². The molecule has 0 saturated carbocycles. The Morgan fingerprint density at radius 3 is 2.56 bits per heavy atom. The smallest absolute Gasteiger partial charge is 0.137 e. The molecule has 2 aromatic carbocycles. The molecule has 1 unspecified atom stereocenters. The fraction of sp³-hybridized carbons (Fsp3) is 0.200. The molecule has 2 rings (SSSR count). The van der Waals surface area contributed by atoms with Crippen molar-refractivity contribution in [3.05, 3.63) is 69.4 Å². The predicted molar refractivity (Wildman–Crippen MR) is 76.0 cm³/mol. The van der Waals surface area contributed by atoms with Gasteiger partial charge >= 0.3 is 0 Å². The molecule has 0 saturated heterocycles. The minimum atomic E-state index is -0.270. The Kier molecular flexibility index (Phi) is 4.15. The van der Waals surface area contributed by atoms with E-state index in [0.717, 1.165) is 17.5 Å². The highest BCUT2D eigenvalue weighted by molar-refractivity contribution is 9.10. The second-order valence-corrected chi connectivity index (χ2v) is 5.10. The number of rotatable bonds is 3. The van der Waals surface area contributed by atoms with E-state index < -0.39 is 0 Å². The third-order valence-corrected chi connectivity index (χ3v) is 3.63. The van der Waals surface area contributed by atoms with Gasteiger partial charge in [0.1, 0.15) is 5.82 Å². The first-order chi connectivity index (χ1) is 8.61. The molecular formula is C15H15BrFN. The van der Waals surface area contributed by atoms with Crippen molar-refractivity contribution >= 4 is 15.9 Å². The van der Waals surface area contributed by atoms with Crippen LogP contribution in [0.15, 0.2) is 46.9 Å². The summed E-state index contributed by atoms with van der Waals surface area (Å²) in [5.41, 5.74) is 9.42. The molecule has 0 aliphatic rings. The molecule has 0 heterocycles. The van der Waals surface area contributed by atoms with Crippen LogP contribution < -0.4 is 5.73 Å². The van der Waals surface area contributed by atoms with Crippen LogP contribution in [0.25, 0.3) is 0 Å².